The summed E-state index contributed by atoms with van der Waals surface area (Å²) in [6, 6.07) is 56.9. The van der Waals surface area contributed by atoms with E-state index in [1.165, 1.54) is 50.3 Å². The molecule has 8 aromatic rings. The Kier molecular flexibility index (Phi) is 7.00. The molecule has 1 aromatic heterocycles. The Balaban J connectivity index is 1.05. The monoisotopic (exact) mass is 701 g/mol. The number of hydrogen-bond donors (Lipinski definition) is 0. The molecule has 0 spiro atoms. The largest absolute Gasteiger partial charge is 0.310 e. The highest BCUT2D eigenvalue weighted by Gasteiger charge is 2.38. The van der Waals surface area contributed by atoms with E-state index in [2.05, 4.69) is 184 Å². The third kappa shape index (κ3) is 4.73. The molecule has 1 aliphatic heterocycles. The van der Waals surface area contributed by atoms with Crippen LogP contribution in [0, 0.1) is 0 Å². The molecule has 0 saturated heterocycles. The summed E-state index contributed by atoms with van der Waals surface area (Å²) in [7, 11) is 0. The van der Waals surface area contributed by atoms with Crippen molar-refractivity contribution in [2.75, 3.05) is 4.90 Å². The molecule has 53 heavy (non-hydrogen) atoms. The van der Waals surface area contributed by atoms with Gasteiger partial charge in [0.15, 0.2) is 5.43 Å². The lowest BCUT2D eigenvalue weighted by Crippen LogP contribution is -2.30. The van der Waals surface area contributed by atoms with Crippen LogP contribution in [-0.4, -0.2) is 0 Å². The molecule has 0 saturated carbocycles. The van der Waals surface area contributed by atoms with E-state index in [1.807, 2.05) is 6.07 Å². The average molecular weight is 702 g/mol. The maximum Gasteiger partial charge on any atom is 0.195 e. The Labute approximate surface area is 314 Å². The second kappa shape index (κ2) is 11.6. The fourth-order valence-electron chi connectivity index (χ4n) is 9.29. The summed E-state index contributed by atoms with van der Waals surface area (Å²) in [4.78, 5) is 16.4. The quantitative estimate of drug-likeness (QED) is 0.171. The zero-order valence-corrected chi connectivity index (χ0v) is 31.2. The summed E-state index contributed by atoms with van der Waals surface area (Å²) >= 11 is 1.72. The first kappa shape index (κ1) is 31.9. The molecule has 0 amide bonds. The molecule has 0 radical (unpaired) electrons. The van der Waals surface area contributed by atoms with E-state index in [9.17, 15) is 4.79 Å². The Bertz CT molecular complexity index is 2730. The maximum absolute atomic E-state index is 14.0. The normalized spacial score (nSPS) is 15.4. The highest BCUT2D eigenvalue weighted by atomic mass is 32.1. The lowest BCUT2D eigenvalue weighted by molar-refractivity contribution is 0.597. The van der Waals surface area contributed by atoms with Gasteiger partial charge in [-0.2, -0.15) is 0 Å². The number of hydrogen-bond acceptors (Lipinski definition) is 3. The standard InChI is InChI=1S/C50H39NOS/c1-49(2)39-15-7-5-13-35(39)47(36-14-6-8-16-40(36)49)33-24-28-38-46(30-33)53-45-29-32(23-27-37(45)48(38)52)31-21-25-34(26-22-31)51-43-19-11-9-17-41(43)50(3,4)42-18-10-12-20-44(42)51/h5-30,47H,1-4H3. The molecule has 7 aromatic carbocycles. The van der Waals surface area contributed by atoms with E-state index < -0.39 is 0 Å². The van der Waals surface area contributed by atoms with Crippen LogP contribution in [0.25, 0.3) is 31.3 Å². The zero-order valence-electron chi connectivity index (χ0n) is 30.4. The van der Waals surface area contributed by atoms with Gasteiger partial charge in [-0.25, -0.2) is 0 Å². The Morgan fingerprint density at radius 1 is 0.491 bits per heavy atom. The third-order valence-electron chi connectivity index (χ3n) is 12.0. The van der Waals surface area contributed by atoms with E-state index in [0.717, 1.165) is 37.0 Å². The minimum absolute atomic E-state index is 0.0875. The fraction of sp³-hybridized carbons (Fsp3) is 0.140. The number of nitrogens with zero attached hydrogens (tertiary/aromatic N) is 1. The van der Waals surface area contributed by atoms with Gasteiger partial charge in [0.05, 0.1) is 11.4 Å². The van der Waals surface area contributed by atoms with Gasteiger partial charge in [-0.3, -0.25) is 4.79 Å². The summed E-state index contributed by atoms with van der Waals surface area (Å²) < 4.78 is 2.03. The van der Waals surface area contributed by atoms with E-state index in [4.69, 9.17) is 0 Å². The van der Waals surface area contributed by atoms with Crippen LogP contribution < -0.4 is 10.3 Å². The highest BCUT2D eigenvalue weighted by Crippen LogP contribution is 2.52. The van der Waals surface area contributed by atoms with Gasteiger partial charge in [0.1, 0.15) is 0 Å². The minimum Gasteiger partial charge on any atom is -0.310 e. The summed E-state index contributed by atoms with van der Waals surface area (Å²) in [6.45, 7) is 9.29. The van der Waals surface area contributed by atoms with Crippen LogP contribution in [-0.2, 0) is 10.8 Å². The lowest BCUT2D eigenvalue weighted by Gasteiger charge is -2.42. The zero-order chi connectivity index (χ0) is 36.1. The topological polar surface area (TPSA) is 20.3 Å². The van der Waals surface area contributed by atoms with Gasteiger partial charge in [0.2, 0.25) is 0 Å². The van der Waals surface area contributed by atoms with Crippen molar-refractivity contribution in [1.29, 1.82) is 0 Å². The van der Waals surface area contributed by atoms with Crippen molar-refractivity contribution < 1.29 is 0 Å². The van der Waals surface area contributed by atoms with Crippen molar-refractivity contribution in [1.82, 2.24) is 0 Å². The molecule has 0 bridgehead atoms. The van der Waals surface area contributed by atoms with Crippen molar-refractivity contribution in [3.05, 3.63) is 207 Å². The van der Waals surface area contributed by atoms with Crippen molar-refractivity contribution in [3.63, 3.8) is 0 Å². The first-order chi connectivity index (χ1) is 25.7. The van der Waals surface area contributed by atoms with Crippen LogP contribution in [0.4, 0.5) is 17.1 Å². The van der Waals surface area contributed by atoms with E-state index in [1.54, 1.807) is 11.3 Å². The predicted octanol–water partition coefficient (Wildman–Crippen LogP) is 13.0. The van der Waals surface area contributed by atoms with Crippen molar-refractivity contribution in [2.24, 2.45) is 0 Å². The van der Waals surface area contributed by atoms with Gasteiger partial charge in [0.25, 0.3) is 0 Å². The van der Waals surface area contributed by atoms with Gasteiger partial charge in [0, 0.05) is 42.6 Å². The molecule has 2 aliphatic rings. The van der Waals surface area contributed by atoms with Crippen LogP contribution >= 0.6 is 11.3 Å². The van der Waals surface area contributed by atoms with Crippen molar-refractivity contribution >= 4 is 48.6 Å². The van der Waals surface area contributed by atoms with E-state index >= 15 is 0 Å². The molecule has 256 valence electrons. The Morgan fingerprint density at radius 3 is 1.57 bits per heavy atom. The second-order valence-corrected chi connectivity index (χ2v) is 16.8. The van der Waals surface area contributed by atoms with E-state index in [0.29, 0.717) is 0 Å². The predicted molar refractivity (Wildman–Crippen MR) is 224 cm³/mol. The molecule has 0 atom stereocenters. The molecule has 2 nitrogen and oxygen atoms in total. The Hall–Kier alpha value is -5.77. The molecule has 0 unspecified atom stereocenters. The summed E-state index contributed by atoms with van der Waals surface area (Å²) in [6.07, 6.45) is 0. The SMILES string of the molecule is CC1(C)c2ccccc2C(c2ccc3c(=O)c4ccc(-c5ccc(N6c7ccccc7C(C)(C)c7ccccc76)cc5)cc4sc3c2)c2ccccc21. The van der Waals surface area contributed by atoms with E-state index in [-0.39, 0.29) is 22.2 Å². The van der Waals surface area contributed by atoms with Crippen molar-refractivity contribution in [2.45, 2.75) is 44.4 Å². The molecule has 0 fully saturated rings. The first-order valence-electron chi connectivity index (χ1n) is 18.5. The average Bonchev–Trinajstić information content (AvgIpc) is 3.18. The number of fused-ring (bicyclic) bond motifs is 6. The maximum atomic E-state index is 14.0. The van der Waals surface area contributed by atoms with Crippen LogP contribution in [0.15, 0.2) is 163 Å². The van der Waals surface area contributed by atoms with Crippen LogP contribution in [0.1, 0.15) is 72.6 Å². The summed E-state index contributed by atoms with van der Waals surface area (Å²) in [5.74, 6) is 0.104. The van der Waals surface area contributed by atoms with Crippen LogP contribution in [0.5, 0.6) is 0 Å². The third-order valence-corrected chi connectivity index (χ3v) is 13.1. The molecule has 1 aliphatic carbocycles. The van der Waals surface area contributed by atoms with Crippen molar-refractivity contribution in [3.8, 4) is 11.1 Å². The fourth-order valence-corrected chi connectivity index (χ4v) is 10.4. The highest BCUT2D eigenvalue weighted by molar-refractivity contribution is 7.24. The number of anilines is 3. The van der Waals surface area contributed by atoms with Gasteiger partial charge < -0.3 is 4.90 Å². The van der Waals surface area contributed by atoms with Gasteiger partial charge in [-0.15, -0.1) is 11.3 Å². The Morgan fingerprint density at radius 2 is 0.962 bits per heavy atom. The van der Waals surface area contributed by atoms with Crippen LogP contribution in [0.2, 0.25) is 0 Å². The van der Waals surface area contributed by atoms with Crippen LogP contribution in [0.3, 0.4) is 0 Å². The summed E-state index contributed by atoms with van der Waals surface area (Å²) in [5, 5.41) is 1.56. The first-order valence-corrected chi connectivity index (χ1v) is 19.3. The molecular weight excluding hydrogens is 663 g/mol. The smallest absolute Gasteiger partial charge is 0.195 e. The minimum atomic E-state index is -0.0937. The number of rotatable bonds is 3. The second-order valence-electron chi connectivity index (χ2n) is 15.7. The van der Waals surface area contributed by atoms with Gasteiger partial charge >= 0.3 is 0 Å². The molecule has 10 rings (SSSR count). The molecule has 3 heteroatoms. The summed E-state index contributed by atoms with van der Waals surface area (Å²) in [5.41, 5.74) is 15.0. The number of benzene rings is 7. The van der Waals surface area contributed by atoms with Gasteiger partial charge in [-0.1, -0.05) is 137 Å². The molecule has 2 heterocycles. The lowest BCUT2D eigenvalue weighted by atomic mass is 9.64. The molecular formula is C50H39NOS. The van der Waals surface area contributed by atoms with Gasteiger partial charge in [-0.05, 0) is 98.6 Å². The molecule has 0 N–H and O–H groups in total. The number of para-hydroxylation sites is 2.